The summed E-state index contributed by atoms with van der Waals surface area (Å²) in [4.78, 5) is 85.7. The average Bonchev–Trinajstić information content (AvgIpc) is 2.54. The topological polar surface area (TPSA) is 224 Å². The number of methoxy groups -OCH3 is 2. The standard InChI is InChI=1S/2C6H5NO6.Y/c2*1-13-5(12)6(4(10)11)2(8)7-3(6)9;/h2*1H3,(H2,7,8,9,10,11);/p-2. The van der Waals surface area contributed by atoms with Crippen molar-refractivity contribution in [2.45, 2.75) is 0 Å². The normalized spacial score (nSPS) is 17.9. The Morgan fingerprint density at radius 1 is 0.704 bits per heavy atom. The van der Waals surface area contributed by atoms with Gasteiger partial charge in [-0.2, -0.15) is 0 Å². The van der Waals surface area contributed by atoms with Crippen LogP contribution >= 0.6 is 0 Å². The molecular weight excluding hydrogens is 453 g/mol. The third kappa shape index (κ3) is 3.21. The molecule has 0 aromatic carbocycles. The molecule has 143 valence electrons. The number of ether oxygens (including phenoxy) is 2. The number of carbonyl (C=O) groups is 8. The molecule has 4 amide bonds. The molecule has 0 spiro atoms. The van der Waals surface area contributed by atoms with Gasteiger partial charge >= 0.3 is 23.9 Å². The fourth-order valence-corrected chi connectivity index (χ4v) is 1.79. The van der Waals surface area contributed by atoms with Crippen molar-refractivity contribution in [1.82, 2.24) is 0 Å². The van der Waals surface area contributed by atoms with Crippen LogP contribution < -0.4 is 0 Å². The van der Waals surface area contributed by atoms with Gasteiger partial charge in [-0.15, -0.1) is 0 Å². The second-order valence-electron chi connectivity index (χ2n) is 4.54. The molecule has 2 saturated heterocycles. The van der Waals surface area contributed by atoms with Crippen LogP contribution in [0, 0.1) is 10.8 Å². The number of amides is 4. The van der Waals surface area contributed by atoms with Crippen LogP contribution in [0.3, 0.4) is 0 Å². The number of carbonyl (C=O) groups excluding carboxylic acids is 6. The number of β-lactam (4-membered cyclic amide) rings is 4. The van der Waals surface area contributed by atoms with Crippen molar-refractivity contribution in [3.63, 3.8) is 0 Å². The van der Waals surface area contributed by atoms with E-state index in [1.165, 1.54) is 0 Å². The molecule has 2 rings (SSSR count). The largest absolute Gasteiger partial charge is 0.592 e. The van der Waals surface area contributed by atoms with Gasteiger partial charge in [0.2, 0.25) is 10.8 Å². The molecule has 2 fully saturated rings. The smallest absolute Gasteiger partial charge is 0.335 e. The van der Waals surface area contributed by atoms with Gasteiger partial charge in [0.25, 0.3) is 0 Å². The molecule has 0 aromatic rings. The second kappa shape index (κ2) is 8.30. The van der Waals surface area contributed by atoms with Gasteiger partial charge in [0.1, 0.15) is 0 Å². The molecule has 15 heteroatoms. The van der Waals surface area contributed by atoms with E-state index in [0.717, 1.165) is 14.2 Å². The van der Waals surface area contributed by atoms with Crippen LogP contribution in [0.25, 0.3) is 10.6 Å². The van der Waals surface area contributed by atoms with Gasteiger partial charge in [0, 0.05) is 32.7 Å². The van der Waals surface area contributed by atoms with E-state index in [1.807, 2.05) is 0 Å². The number of rotatable bonds is 4. The second-order valence-corrected chi connectivity index (χ2v) is 4.54. The Morgan fingerprint density at radius 2 is 0.926 bits per heavy atom. The van der Waals surface area contributed by atoms with E-state index in [0.29, 0.717) is 0 Å². The van der Waals surface area contributed by atoms with Gasteiger partial charge < -0.3 is 49.5 Å². The predicted molar refractivity (Wildman–Crippen MR) is 70.9 cm³/mol. The monoisotopic (exact) mass is 461 g/mol. The van der Waals surface area contributed by atoms with Crippen molar-refractivity contribution >= 4 is 47.5 Å². The van der Waals surface area contributed by atoms with Crippen molar-refractivity contribution in [3.8, 4) is 0 Å². The number of hydrogen-bond acceptors (Lipinski definition) is 10. The number of imide groups is 2. The van der Waals surface area contributed by atoms with E-state index in [2.05, 4.69) is 20.1 Å². The molecule has 0 atom stereocenters. The van der Waals surface area contributed by atoms with Crippen molar-refractivity contribution in [2.24, 2.45) is 10.8 Å². The zero-order valence-corrected chi connectivity index (χ0v) is 16.3. The van der Waals surface area contributed by atoms with Crippen LogP contribution in [0.5, 0.6) is 0 Å². The molecule has 0 unspecified atom stereocenters. The number of aliphatic carboxylic acids is 2. The summed E-state index contributed by atoms with van der Waals surface area (Å²) in [5.41, 5.74) is -5.48. The Morgan fingerprint density at radius 3 is 1.00 bits per heavy atom. The molecule has 1 radical (unpaired) electrons. The van der Waals surface area contributed by atoms with Gasteiger partial charge in [-0.3, -0.25) is 9.59 Å². The Balaban J connectivity index is 0.000000483. The third-order valence-corrected chi connectivity index (χ3v) is 3.31. The van der Waals surface area contributed by atoms with Crippen LogP contribution in [0.1, 0.15) is 0 Å². The summed E-state index contributed by atoms with van der Waals surface area (Å²) >= 11 is 0. The van der Waals surface area contributed by atoms with Gasteiger partial charge in [-0.1, -0.05) is 0 Å². The first-order chi connectivity index (χ1) is 11.9. The van der Waals surface area contributed by atoms with Crippen molar-refractivity contribution in [2.75, 3.05) is 14.2 Å². The molecule has 2 aliphatic heterocycles. The van der Waals surface area contributed by atoms with Crippen molar-refractivity contribution in [3.05, 3.63) is 10.6 Å². The van der Waals surface area contributed by atoms with E-state index in [-0.39, 0.29) is 32.7 Å². The molecular formula is C12H8N2O12Y-2. The molecule has 14 nitrogen and oxygen atoms in total. The molecule has 0 aromatic heterocycles. The van der Waals surface area contributed by atoms with E-state index in [4.69, 9.17) is 10.2 Å². The summed E-state index contributed by atoms with van der Waals surface area (Å²) < 4.78 is 8.08. The number of nitrogens with zero attached hydrogens (tertiary/aromatic N) is 2. The minimum absolute atomic E-state index is 0. The first kappa shape index (κ1) is 24.3. The third-order valence-electron chi connectivity index (χ3n) is 3.31. The summed E-state index contributed by atoms with van der Waals surface area (Å²) in [7, 11) is 1.76. The summed E-state index contributed by atoms with van der Waals surface area (Å²) in [6.07, 6.45) is 0. The molecule has 2 aliphatic rings. The molecule has 0 aliphatic carbocycles. The predicted octanol–water partition coefficient (Wildman–Crippen LogP) is -2.66. The zero-order valence-electron chi connectivity index (χ0n) is 13.4. The van der Waals surface area contributed by atoms with Crippen molar-refractivity contribution < 1.29 is 90.8 Å². The maximum Gasteiger partial charge on any atom is 0.335 e. The van der Waals surface area contributed by atoms with Crippen LogP contribution in [0.15, 0.2) is 0 Å². The summed E-state index contributed by atoms with van der Waals surface area (Å²) in [6, 6.07) is 0. The number of esters is 2. The average molecular weight is 461 g/mol. The fraction of sp³-hybridized carbons (Fsp3) is 0.333. The summed E-state index contributed by atoms with van der Waals surface area (Å²) in [6.45, 7) is 0. The van der Waals surface area contributed by atoms with Crippen LogP contribution in [-0.4, -0.2) is 71.9 Å². The van der Waals surface area contributed by atoms with Gasteiger partial charge in [-0.05, 0) is 0 Å². The first-order valence-corrected chi connectivity index (χ1v) is 6.20. The Labute approximate surface area is 173 Å². The maximum atomic E-state index is 10.9. The van der Waals surface area contributed by atoms with Crippen molar-refractivity contribution in [1.29, 1.82) is 0 Å². The van der Waals surface area contributed by atoms with Gasteiger partial charge in [0.15, 0.2) is 0 Å². The van der Waals surface area contributed by atoms with E-state index < -0.39 is 58.3 Å². The Kier molecular flexibility index (Phi) is 7.46. The zero-order chi connectivity index (χ0) is 20.4. The van der Waals surface area contributed by atoms with Crippen LogP contribution in [-0.2, 0) is 80.5 Å². The maximum absolute atomic E-state index is 10.9. The Bertz CT molecular complexity index is 653. The molecule has 2 heterocycles. The molecule has 27 heavy (non-hydrogen) atoms. The van der Waals surface area contributed by atoms with E-state index in [1.54, 1.807) is 0 Å². The summed E-state index contributed by atoms with van der Waals surface area (Å²) in [5.74, 6) is -11.7. The van der Waals surface area contributed by atoms with Crippen LogP contribution in [0.4, 0.5) is 0 Å². The van der Waals surface area contributed by atoms with Gasteiger partial charge in [-0.25, -0.2) is 9.59 Å². The van der Waals surface area contributed by atoms with E-state index in [9.17, 15) is 38.4 Å². The first-order valence-electron chi connectivity index (χ1n) is 6.20. The SMILES string of the molecule is COC(=O)C1(C(=O)O)C(=O)[N-]C1=O.COC(=O)C1(C(=O)O)C(=O)[N-]C1=O.[Y]. The minimum atomic E-state index is -2.74. The minimum Gasteiger partial charge on any atom is -0.592 e. The number of carboxylic acids is 2. The van der Waals surface area contributed by atoms with Gasteiger partial charge in [0.05, 0.1) is 37.8 Å². The van der Waals surface area contributed by atoms with E-state index >= 15 is 0 Å². The molecule has 0 bridgehead atoms. The summed E-state index contributed by atoms with van der Waals surface area (Å²) in [5, 5.41) is 22.5. The quantitative estimate of drug-likeness (QED) is 0.249. The number of hydrogen-bond donors (Lipinski definition) is 2. The molecule has 2 N–H and O–H groups in total. The Hall–Kier alpha value is -2.74. The number of carboxylic acid groups (broad SMARTS) is 2. The van der Waals surface area contributed by atoms with Crippen LogP contribution in [0.2, 0.25) is 0 Å². The molecule has 0 saturated carbocycles. The fourth-order valence-electron chi connectivity index (χ4n) is 1.79.